The lowest BCUT2D eigenvalue weighted by molar-refractivity contribution is 0.0964. The fourth-order valence-corrected chi connectivity index (χ4v) is 1.33. The van der Waals surface area contributed by atoms with Gasteiger partial charge in [-0.1, -0.05) is 31.2 Å². The average molecular weight is 237 g/mol. The number of halogens is 1. The molecule has 0 saturated heterocycles. The van der Waals surface area contributed by atoms with Crippen molar-refractivity contribution in [3.63, 3.8) is 0 Å². The van der Waals surface area contributed by atoms with Gasteiger partial charge in [-0.3, -0.25) is 4.79 Å². The SMILES string of the molecule is C=C/C=C(\CC)NC(=O)c1ccnc(Cl)c1. The lowest BCUT2D eigenvalue weighted by Crippen LogP contribution is -2.22. The molecule has 0 saturated carbocycles. The maximum Gasteiger partial charge on any atom is 0.255 e. The van der Waals surface area contributed by atoms with Crippen LogP contribution in [0.4, 0.5) is 0 Å². The maximum atomic E-state index is 11.8. The Morgan fingerprint density at radius 3 is 3.00 bits per heavy atom. The molecule has 0 aliphatic rings. The lowest BCUT2D eigenvalue weighted by atomic mass is 10.2. The minimum Gasteiger partial charge on any atom is -0.326 e. The summed E-state index contributed by atoms with van der Waals surface area (Å²) in [5.74, 6) is -0.195. The first-order valence-corrected chi connectivity index (χ1v) is 5.29. The Labute approximate surface area is 99.8 Å². The van der Waals surface area contributed by atoms with Crippen molar-refractivity contribution in [3.8, 4) is 0 Å². The molecule has 1 amide bonds. The smallest absolute Gasteiger partial charge is 0.255 e. The molecule has 0 bridgehead atoms. The summed E-state index contributed by atoms with van der Waals surface area (Å²) in [7, 11) is 0. The molecule has 16 heavy (non-hydrogen) atoms. The Bertz CT molecular complexity index is 427. The summed E-state index contributed by atoms with van der Waals surface area (Å²) in [6, 6.07) is 3.14. The van der Waals surface area contributed by atoms with Crippen LogP contribution in [0, 0.1) is 0 Å². The van der Waals surface area contributed by atoms with E-state index in [9.17, 15) is 4.79 Å². The molecule has 1 aromatic heterocycles. The Hall–Kier alpha value is -1.61. The Kier molecular flexibility index (Phi) is 4.73. The van der Waals surface area contributed by atoms with E-state index in [-0.39, 0.29) is 5.91 Å². The second-order valence-corrected chi connectivity index (χ2v) is 3.49. The van der Waals surface area contributed by atoms with Gasteiger partial charge in [-0.2, -0.15) is 0 Å². The van der Waals surface area contributed by atoms with E-state index in [1.165, 1.54) is 12.3 Å². The minimum absolute atomic E-state index is 0.195. The number of amides is 1. The summed E-state index contributed by atoms with van der Waals surface area (Å²) in [4.78, 5) is 15.6. The molecule has 84 valence electrons. The van der Waals surface area contributed by atoms with E-state index in [0.717, 1.165) is 12.1 Å². The minimum atomic E-state index is -0.195. The first kappa shape index (κ1) is 12.5. The predicted octanol–water partition coefficient (Wildman–Crippen LogP) is 2.94. The molecule has 0 aromatic carbocycles. The molecule has 0 atom stereocenters. The monoisotopic (exact) mass is 236 g/mol. The highest BCUT2D eigenvalue weighted by Gasteiger charge is 2.06. The van der Waals surface area contributed by atoms with Crippen LogP contribution in [0.3, 0.4) is 0 Å². The standard InChI is InChI=1S/C12H13ClN2O/c1-3-5-10(4-2)15-12(16)9-6-7-14-11(13)8-9/h3,5-8H,1,4H2,2H3,(H,15,16)/b10-5+. The Morgan fingerprint density at radius 2 is 2.44 bits per heavy atom. The second kappa shape index (κ2) is 6.08. The molecular weight excluding hydrogens is 224 g/mol. The zero-order valence-corrected chi connectivity index (χ0v) is 9.79. The largest absolute Gasteiger partial charge is 0.326 e. The third kappa shape index (κ3) is 3.51. The van der Waals surface area contributed by atoms with Gasteiger partial charge in [0.05, 0.1) is 0 Å². The highest BCUT2D eigenvalue weighted by atomic mass is 35.5. The lowest BCUT2D eigenvalue weighted by Gasteiger charge is -2.07. The van der Waals surface area contributed by atoms with Gasteiger partial charge in [0.25, 0.3) is 5.91 Å². The number of nitrogens with one attached hydrogen (secondary N) is 1. The van der Waals surface area contributed by atoms with Gasteiger partial charge in [-0.05, 0) is 24.6 Å². The number of carbonyl (C=O) groups excluding carboxylic acids is 1. The number of hydrogen-bond acceptors (Lipinski definition) is 2. The van der Waals surface area contributed by atoms with Crippen molar-refractivity contribution in [1.29, 1.82) is 0 Å². The molecular formula is C12H13ClN2O. The summed E-state index contributed by atoms with van der Waals surface area (Å²) < 4.78 is 0. The van der Waals surface area contributed by atoms with Crippen LogP contribution in [0.25, 0.3) is 0 Å². The van der Waals surface area contributed by atoms with Crippen molar-refractivity contribution in [1.82, 2.24) is 10.3 Å². The van der Waals surface area contributed by atoms with Crippen molar-refractivity contribution in [3.05, 3.63) is 53.5 Å². The molecule has 1 aromatic rings. The highest BCUT2D eigenvalue weighted by molar-refractivity contribution is 6.29. The van der Waals surface area contributed by atoms with E-state index >= 15 is 0 Å². The van der Waals surface area contributed by atoms with Crippen LogP contribution >= 0.6 is 11.6 Å². The summed E-state index contributed by atoms with van der Waals surface area (Å²) >= 11 is 5.70. The van der Waals surface area contributed by atoms with Crippen molar-refractivity contribution >= 4 is 17.5 Å². The molecule has 4 heteroatoms. The van der Waals surface area contributed by atoms with Gasteiger partial charge in [-0.15, -0.1) is 0 Å². The normalized spacial score (nSPS) is 11.0. The van der Waals surface area contributed by atoms with Crippen LogP contribution in [0.5, 0.6) is 0 Å². The molecule has 0 aliphatic heterocycles. The van der Waals surface area contributed by atoms with Gasteiger partial charge < -0.3 is 5.32 Å². The number of nitrogens with zero attached hydrogens (tertiary/aromatic N) is 1. The van der Waals surface area contributed by atoms with Gasteiger partial charge in [0.15, 0.2) is 0 Å². The van der Waals surface area contributed by atoms with Crippen molar-refractivity contribution in [2.24, 2.45) is 0 Å². The molecule has 0 fully saturated rings. The zero-order chi connectivity index (χ0) is 12.0. The predicted molar refractivity (Wildman–Crippen MR) is 65.3 cm³/mol. The molecule has 1 N–H and O–H groups in total. The Balaban J connectivity index is 2.79. The maximum absolute atomic E-state index is 11.8. The fraction of sp³-hybridized carbons (Fsp3) is 0.167. The van der Waals surface area contributed by atoms with Crippen molar-refractivity contribution in [2.75, 3.05) is 0 Å². The molecule has 0 unspecified atom stereocenters. The molecule has 0 radical (unpaired) electrons. The third-order valence-corrected chi connectivity index (χ3v) is 2.17. The molecule has 0 spiro atoms. The van der Waals surface area contributed by atoms with E-state index in [4.69, 9.17) is 11.6 Å². The number of aromatic nitrogens is 1. The number of hydrogen-bond donors (Lipinski definition) is 1. The summed E-state index contributed by atoms with van der Waals surface area (Å²) in [5, 5.41) is 3.08. The van der Waals surface area contributed by atoms with Crippen LogP contribution in [-0.2, 0) is 0 Å². The third-order valence-electron chi connectivity index (χ3n) is 1.96. The summed E-state index contributed by atoms with van der Waals surface area (Å²) in [6.45, 7) is 5.54. The molecule has 1 rings (SSSR count). The van der Waals surface area contributed by atoms with Gasteiger partial charge in [0.1, 0.15) is 5.15 Å². The zero-order valence-electron chi connectivity index (χ0n) is 9.03. The van der Waals surface area contributed by atoms with E-state index in [1.54, 1.807) is 18.2 Å². The molecule has 1 heterocycles. The van der Waals surface area contributed by atoms with Gasteiger partial charge in [-0.25, -0.2) is 4.98 Å². The average Bonchev–Trinajstić information content (AvgIpc) is 2.28. The van der Waals surface area contributed by atoms with E-state index in [2.05, 4.69) is 16.9 Å². The van der Waals surface area contributed by atoms with Gasteiger partial charge in [0, 0.05) is 17.5 Å². The van der Waals surface area contributed by atoms with Crippen LogP contribution in [0.1, 0.15) is 23.7 Å². The topological polar surface area (TPSA) is 42.0 Å². The number of rotatable bonds is 4. The second-order valence-electron chi connectivity index (χ2n) is 3.10. The van der Waals surface area contributed by atoms with Gasteiger partial charge >= 0.3 is 0 Å². The number of allylic oxidation sites excluding steroid dienone is 3. The quantitative estimate of drug-likeness (QED) is 0.645. The summed E-state index contributed by atoms with van der Waals surface area (Å²) in [6.07, 6.45) is 5.63. The molecule has 0 aliphatic carbocycles. The first-order valence-electron chi connectivity index (χ1n) is 4.92. The van der Waals surface area contributed by atoms with Gasteiger partial charge in [0.2, 0.25) is 0 Å². The number of carbonyl (C=O) groups is 1. The summed E-state index contributed by atoms with van der Waals surface area (Å²) in [5.41, 5.74) is 1.30. The van der Waals surface area contributed by atoms with E-state index < -0.39 is 0 Å². The van der Waals surface area contributed by atoms with Crippen LogP contribution in [0.15, 0.2) is 42.8 Å². The number of pyridine rings is 1. The highest BCUT2D eigenvalue weighted by Crippen LogP contribution is 2.08. The van der Waals surface area contributed by atoms with Crippen LogP contribution in [-0.4, -0.2) is 10.9 Å². The van der Waals surface area contributed by atoms with Crippen molar-refractivity contribution in [2.45, 2.75) is 13.3 Å². The van der Waals surface area contributed by atoms with E-state index in [0.29, 0.717) is 10.7 Å². The van der Waals surface area contributed by atoms with E-state index in [1.807, 2.05) is 6.92 Å². The Morgan fingerprint density at radius 1 is 1.69 bits per heavy atom. The molecule has 3 nitrogen and oxygen atoms in total. The fourth-order valence-electron chi connectivity index (χ4n) is 1.15. The van der Waals surface area contributed by atoms with Crippen molar-refractivity contribution < 1.29 is 4.79 Å². The van der Waals surface area contributed by atoms with Crippen LogP contribution < -0.4 is 5.32 Å². The van der Waals surface area contributed by atoms with Crippen LogP contribution in [0.2, 0.25) is 5.15 Å². The first-order chi connectivity index (χ1) is 7.67.